The Kier molecular flexibility index (Phi) is 3.94. The summed E-state index contributed by atoms with van der Waals surface area (Å²) in [6.07, 6.45) is 2.52. The summed E-state index contributed by atoms with van der Waals surface area (Å²) < 4.78 is 0. The number of amidine groups is 1. The van der Waals surface area contributed by atoms with Gasteiger partial charge in [-0.15, -0.1) is 0 Å². The van der Waals surface area contributed by atoms with E-state index in [1.807, 2.05) is 13.8 Å². The van der Waals surface area contributed by atoms with Crippen LogP contribution in [0.25, 0.3) is 0 Å². The van der Waals surface area contributed by atoms with E-state index in [1.54, 1.807) is 0 Å². The maximum atomic E-state index is 11.6. The summed E-state index contributed by atoms with van der Waals surface area (Å²) in [5, 5.41) is 14.3. The van der Waals surface area contributed by atoms with Crippen molar-refractivity contribution in [1.29, 1.82) is 0 Å². The zero-order valence-electron chi connectivity index (χ0n) is 9.23. The first-order chi connectivity index (χ1) is 7.10. The monoisotopic (exact) mass is 213 g/mol. The number of oxime groups is 1. The number of amides is 1. The molecule has 1 rings (SSSR count). The molecule has 86 valence electrons. The Labute approximate surface area is 89.7 Å². The van der Waals surface area contributed by atoms with Crippen LogP contribution in [0.4, 0.5) is 0 Å². The van der Waals surface area contributed by atoms with Gasteiger partial charge in [0.05, 0.1) is 6.04 Å². The van der Waals surface area contributed by atoms with Crippen molar-refractivity contribution >= 4 is 11.7 Å². The lowest BCUT2D eigenvalue weighted by molar-refractivity contribution is -0.122. The van der Waals surface area contributed by atoms with Gasteiger partial charge < -0.3 is 16.3 Å². The average Bonchev–Trinajstić information content (AvgIpc) is 2.93. The van der Waals surface area contributed by atoms with Crippen LogP contribution in [0.1, 0.15) is 33.1 Å². The minimum atomic E-state index is -0.333. The summed E-state index contributed by atoms with van der Waals surface area (Å²) in [5.74, 6) is 0.696. The van der Waals surface area contributed by atoms with Crippen molar-refractivity contribution in [2.45, 2.75) is 39.2 Å². The van der Waals surface area contributed by atoms with Crippen LogP contribution in [0.15, 0.2) is 5.16 Å². The second kappa shape index (κ2) is 5.00. The van der Waals surface area contributed by atoms with Gasteiger partial charge in [0.1, 0.15) is 0 Å². The number of nitrogens with one attached hydrogen (secondary N) is 1. The predicted octanol–water partition coefficient (Wildman–Crippen LogP) is 0.674. The third-order valence-corrected chi connectivity index (χ3v) is 2.81. The van der Waals surface area contributed by atoms with Crippen molar-refractivity contribution in [2.75, 3.05) is 0 Å². The number of nitrogens with zero attached hydrogens (tertiary/aromatic N) is 1. The molecule has 1 aliphatic carbocycles. The Hall–Kier alpha value is -1.26. The molecular weight excluding hydrogens is 194 g/mol. The highest BCUT2D eigenvalue weighted by atomic mass is 16.4. The third kappa shape index (κ3) is 3.11. The Morgan fingerprint density at radius 1 is 1.73 bits per heavy atom. The first kappa shape index (κ1) is 11.8. The molecule has 0 saturated heterocycles. The van der Waals surface area contributed by atoms with Crippen LogP contribution in [0.2, 0.25) is 0 Å². The van der Waals surface area contributed by atoms with E-state index in [1.165, 1.54) is 0 Å². The molecule has 15 heavy (non-hydrogen) atoms. The minimum Gasteiger partial charge on any atom is -0.409 e. The number of rotatable bonds is 5. The molecule has 0 radical (unpaired) electrons. The normalized spacial score (nSPS) is 27.2. The minimum absolute atomic E-state index is 0.0209. The molecule has 5 heteroatoms. The zero-order chi connectivity index (χ0) is 11.4. The Morgan fingerprint density at radius 2 is 2.33 bits per heavy atom. The highest BCUT2D eigenvalue weighted by Gasteiger charge is 2.39. The molecule has 1 aliphatic rings. The molecule has 1 amide bonds. The number of nitrogens with two attached hydrogens (primary N) is 1. The molecule has 0 aromatic rings. The van der Waals surface area contributed by atoms with E-state index in [9.17, 15) is 4.79 Å². The molecule has 3 atom stereocenters. The van der Waals surface area contributed by atoms with Crippen LogP contribution in [0.5, 0.6) is 0 Å². The SMILES string of the molecule is CCCC(NC(=O)C1CC1C)/C(N)=N/O. The van der Waals surface area contributed by atoms with Gasteiger partial charge in [0.25, 0.3) is 0 Å². The topological polar surface area (TPSA) is 87.7 Å². The fourth-order valence-electron chi connectivity index (χ4n) is 1.62. The highest BCUT2D eigenvalue weighted by Crippen LogP contribution is 2.37. The van der Waals surface area contributed by atoms with Gasteiger partial charge in [-0.2, -0.15) is 0 Å². The van der Waals surface area contributed by atoms with E-state index in [2.05, 4.69) is 10.5 Å². The average molecular weight is 213 g/mol. The molecule has 3 unspecified atom stereocenters. The molecule has 0 bridgehead atoms. The second-order valence-corrected chi connectivity index (χ2v) is 4.19. The molecule has 0 spiro atoms. The quantitative estimate of drug-likeness (QED) is 0.271. The zero-order valence-corrected chi connectivity index (χ0v) is 9.23. The van der Waals surface area contributed by atoms with Gasteiger partial charge in [-0.25, -0.2) is 0 Å². The van der Waals surface area contributed by atoms with Crippen molar-refractivity contribution in [2.24, 2.45) is 22.7 Å². The number of carbonyl (C=O) groups is 1. The molecule has 0 aromatic carbocycles. The summed E-state index contributed by atoms with van der Waals surface area (Å²) in [4.78, 5) is 11.6. The maximum absolute atomic E-state index is 11.6. The van der Waals surface area contributed by atoms with E-state index in [0.717, 1.165) is 12.8 Å². The van der Waals surface area contributed by atoms with E-state index < -0.39 is 0 Å². The van der Waals surface area contributed by atoms with Crippen LogP contribution in [-0.4, -0.2) is 23.0 Å². The smallest absolute Gasteiger partial charge is 0.223 e. The molecule has 0 heterocycles. The van der Waals surface area contributed by atoms with Gasteiger partial charge in [0, 0.05) is 5.92 Å². The first-order valence-electron chi connectivity index (χ1n) is 5.37. The standard InChI is InChI=1S/C10H19N3O2/c1-3-4-8(9(11)13-15)12-10(14)7-5-6(7)2/h6-8,15H,3-5H2,1-2H3,(H2,11,13)(H,12,14). The molecule has 1 fully saturated rings. The Morgan fingerprint density at radius 3 is 2.73 bits per heavy atom. The fraction of sp³-hybridized carbons (Fsp3) is 0.800. The number of carbonyl (C=O) groups excluding carboxylic acids is 1. The van der Waals surface area contributed by atoms with Gasteiger partial charge >= 0.3 is 0 Å². The van der Waals surface area contributed by atoms with E-state index in [-0.39, 0.29) is 23.7 Å². The van der Waals surface area contributed by atoms with Gasteiger partial charge in [0.15, 0.2) is 5.84 Å². The van der Waals surface area contributed by atoms with Gasteiger partial charge in [-0.1, -0.05) is 25.4 Å². The van der Waals surface area contributed by atoms with Crippen molar-refractivity contribution in [3.63, 3.8) is 0 Å². The van der Waals surface area contributed by atoms with Crippen molar-refractivity contribution < 1.29 is 10.0 Å². The van der Waals surface area contributed by atoms with Crippen LogP contribution >= 0.6 is 0 Å². The van der Waals surface area contributed by atoms with Crippen LogP contribution < -0.4 is 11.1 Å². The lowest BCUT2D eigenvalue weighted by atomic mass is 10.1. The van der Waals surface area contributed by atoms with Crippen LogP contribution in [-0.2, 0) is 4.79 Å². The third-order valence-electron chi connectivity index (χ3n) is 2.81. The van der Waals surface area contributed by atoms with Crippen molar-refractivity contribution in [3.8, 4) is 0 Å². The molecular formula is C10H19N3O2. The first-order valence-corrected chi connectivity index (χ1v) is 5.37. The van der Waals surface area contributed by atoms with Gasteiger partial charge in [-0.3, -0.25) is 4.79 Å². The van der Waals surface area contributed by atoms with Crippen molar-refractivity contribution in [1.82, 2.24) is 5.32 Å². The van der Waals surface area contributed by atoms with E-state index in [0.29, 0.717) is 12.3 Å². The number of hydrogen-bond acceptors (Lipinski definition) is 3. The van der Waals surface area contributed by atoms with Crippen molar-refractivity contribution in [3.05, 3.63) is 0 Å². The molecule has 4 N–H and O–H groups in total. The molecule has 5 nitrogen and oxygen atoms in total. The predicted molar refractivity (Wildman–Crippen MR) is 57.5 cm³/mol. The maximum Gasteiger partial charge on any atom is 0.223 e. The lowest BCUT2D eigenvalue weighted by Gasteiger charge is -2.16. The highest BCUT2D eigenvalue weighted by molar-refractivity contribution is 5.91. The summed E-state index contributed by atoms with van der Waals surface area (Å²) in [5.41, 5.74) is 5.49. The second-order valence-electron chi connectivity index (χ2n) is 4.19. The van der Waals surface area contributed by atoms with Crippen LogP contribution in [0.3, 0.4) is 0 Å². The fourth-order valence-corrected chi connectivity index (χ4v) is 1.62. The number of hydrogen-bond donors (Lipinski definition) is 3. The van der Waals surface area contributed by atoms with Gasteiger partial charge in [-0.05, 0) is 18.8 Å². The molecule has 0 aromatic heterocycles. The largest absolute Gasteiger partial charge is 0.409 e. The summed E-state index contributed by atoms with van der Waals surface area (Å²) in [7, 11) is 0. The summed E-state index contributed by atoms with van der Waals surface area (Å²) in [6.45, 7) is 4.03. The molecule has 1 saturated carbocycles. The van der Waals surface area contributed by atoms with Gasteiger partial charge in [0.2, 0.25) is 5.91 Å². The lowest BCUT2D eigenvalue weighted by Crippen LogP contribution is -2.45. The summed E-state index contributed by atoms with van der Waals surface area (Å²) >= 11 is 0. The Bertz CT molecular complexity index is 265. The van der Waals surface area contributed by atoms with E-state index >= 15 is 0 Å². The Balaban J connectivity index is 2.47. The van der Waals surface area contributed by atoms with E-state index in [4.69, 9.17) is 10.9 Å². The molecule has 0 aliphatic heterocycles. The van der Waals surface area contributed by atoms with Crippen LogP contribution in [0, 0.1) is 11.8 Å². The summed E-state index contributed by atoms with van der Waals surface area (Å²) in [6, 6.07) is -0.333.